The Hall–Kier alpha value is -0.860. The first-order valence-electron chi connectivity index (χ1n) is 10.2. The molecule has 0 radical (unpaired) electrons. The largest absolute Gasteiger partial charge is 0.377 e. The highest BCUT2D eigenvalue weighted by molar-refractivity contribution is 14.0. The lowest BCUT2D eigenvalue weighted by Gasteiger charge is -2.32. The Morgan fingerprint density at radius 1 is 1.15 bits per heavy atom. The highest BCUT2D eigenvalue weighted by Crippen LogP contribution is 2.13. The van der Waals surface area contributed by atoms with Gasteiger partial charge in [0.25, 0.3) is 0 Å². The molecule has 1 fully saturated rings. The van der Waals surface area contributed by atoms with E-state index in [4.69, 9.17) is 9.73 Å². The van der Waals surface area contributed by atoms with Gasteiger partial charge in [-0.2, -0.15) is 0 Å². The number of piperidine rings is 1. The van der Waals surface area contributed by atoms with Gasteiger partial charge in [-0.3, -0.25) is 0 Å². The van der Waals surface area contributed by atoms with Gasteiger partial charge in [-0.1, -0.05) is 31.2 Å². The van der Waals surface area contributed by atoms with E-state index in [1.165, 1.54) is 50.0 Å². The van der Waals surface area contributed by atoms with E-state index >= 15 is 0 Å². The number of likely N-dealkylation sites (tertiary alicyclic amines) is 1. The zero-order chi connectivity index (χ0) is 18.6. The molecule has 1 saturated heterocycles. The first kappa shape index (κ1) is 24.2. The van der Waals surface area contributed by atoms with Gasteiger partial charge in [-0.15, -0.1) is 24.0 Å². The van der Waals surface area contributed by atoms with Crippen molar-refractivity contribution in [3.63, 3.8) is 0 Å². The predicted octanol–water partition coefficient (Wildman–Crippen LogP) is 3.77. The van der Waals surface area contributed by atoms with Crippen LogP contribution in [-0.2, 0) is 17.9 Å². The molecule has 0 atom stereocenters. The molecule has 2 rings (SSSR count). The van der Waals surface area contributed by atoms with Crippen LogP contribution in [-0.4, -0.2) is 49.7 Å². The molecule has 1 aromatic carbocycles. The van der Waals surface area contributed by atoms with Gasteiger partial charge < -0.3 is 20.3 Å². The summed E-state index contributed by atoms with van der Waals surface area (Å²) in [5.74, 6) is 0.924. The highest BCUT2D eigenvalue weighted by Gasteiger charge is 2.19. The van der Waals surface area contributed by atoms with Gasteiger partial charge in [0.2, 0.25) is 0 Å². The predicted molar refractivity (Wildman–Crippen MR) is 125 cm³/mol. The average molecular weight is 488 g/mol. The zero-order valence-electron chi connectivity index (χ0n) is 17.2. The molecule has 0 unspecified atom stereocenters. The molecule has 154 valence electrons. The quantitative estimate of drug-likeness (QED) is 0.316. The molecule has 0 spiro atoms. The summed E-state index contributed by atoms with van der Waals surface area (Å²) in [5, 5.41) is 7.03. The minimum absolute atomic E-state index is 0. The van der Waals surface area contributed by atoms with Crippen molar-refractivity contribution in [2.45, 2.75) is 59.2 Å². The number of nitrogens with zero attached hydrogens (tertiary/aromatic N) is 2. The molecule has 5 nitrogen and oxygen atoms in total. The smallest absolute Gasteiger partial charge is 0.191 e. The lowest BCUT2D eigenvalue weighted by molar-refractivity contribution is 0.133. The van der Waals surface area contributed by atoms with Gasteiger partial charge >= 0.3 is 0 Å². The summed E-state index contributed by atoms with van der Waals surface area (Å²) < 4.78 is 5.58. The summed E-state index contributed by atoms with van der Waals surface area (Å²) in [6, 6.07) is 8.92. The molecule has 0 aliphatic carbocycles. The van der Waals surface area contributed by atoms with E-state index in [9.17, 15) is 0 Å². The van der Waals surface area contributed by atoms with Crippen LogP contribution in [0.5, 0.6) is 0 Å². The summed E-state index contributed by atoms with van der Waals surface area (Å²) in [7, 11) is 0. The maximum Gasteiger partial charge on any atom is 0.191 e. The van der Waals surface area contributed by atoms with Crippen LogP contribution >= 0.6 is 24.0 Å². The minimum Gasteiger partial charge on any atom is -0.377 e. The number of benzene rings is 1. The van der Waals surface area contributed by atoms with Crippen molar-refractivity contribution < 1.29 is 4.74 Å². The van der Waals surface area contributed by atoms with E-state index in [-0.39, 0.29) is 24.0 Å². The number of ether oxygens (including phenoxy) is 1. The Bertz CT molecular complexity index is 545. The summed E-state index contributed by atoms with van der Waals surface area (Å²) in [6.45, 7) is 12.9. The molecule has 1 aliphatic heterocycles. The van der Waals surface area contributed by atoms with Crippen molar-refractivity contribution in [2.75, 3.05) is 32.8 Å². The monoisotopic (exact) mass is 488 g/mol. The van der Waals surface area contributed by atoms with Crippen molar-refractivity contribution in [1.82, 2.24) is 15.5 Å². The third-order valence-corrected chi connectivity index (χ3v) is 4.80. The van der Waals surface area contributed by atoms with Gasteiger partial charge in [0.05, 0.1) is 13.2 Å². The average Bonchev–Trinajstić information content (AvgIpc) is 2.67. The van der Waals surface area contributed by atoms with Gasteiger partial charge in [0, 0.05) is 32.3 Å². The topological polar surface area (TPSA) is 48.9 Å². The molecule has 27 heavy (non-hydrogen) atoms. The third-order valence-electron chi connectivity index (χ3n) is 4.80. The Labute approximate surface area is 182 Å². The molecular formula is C21H37IN4O. The van der Waals surface area contributed by atoms with Crippen molar-refractivity contribution in [1.29, 1.82) is 0 Å². The van der Waals surface area contributed by atoms with Crippen LogP contribution in [0.25, 0.3) is 0 Å². The molecule has 1 heterocycles. The van der Waals surface area contributed by atoms with Crippen LogP contribution in [0.15, 0.2) is 29.3 Å². The zero-order valence-corrected chi connectivity index (χ0v) is 19.5. The number of aliphatic imine (C=N–C) groups is 1. The molecule has 0 aromatic heterocycles. The summed E-state index contributed by atoms with van der Waals surface area (Å²) in [6.07, 6.45) is 3.61. The summed E-state index contributed by atoms with van der Waals surface area (Å²) in [4.78, 5) is 7.39. The van der Waals surface area contributed by atoms with E-state index in [0.29, 0.717) is 19.2 Å². The maximum atomic E-state index is 5.58. The SMILES string of the molecule is CCCN1CCC(NC(=NCc2ccccc2COCC)NCC)CC1.I. The molecule has 2 N–H and O–H groups in total. The Balaban J connectivity index is 0.00000364. The second kappa shape index (κ2) is 14.2. The van der Waals surface area contributed by atoms with Gasteiger partial charge in [-0.25, -0.2) is 4.99 Å². The summed E-state index contributed by atoms with van der Waals surface area (Å²) >= 11 is 0. The van der Waals surface area contributed by atoms with Crippen LogP contribution in [0, 0.1) is 0 Å². The van der Waals surface area contributed by atoms with Crippen LogP contribution < -0.4 is 10.6 Å². The van der Waals surface area contributed by atoms with Crippen molar-refractivity contribution in [3.8, 4) is 0 Å². The van der Waals surface area contributed by atoms with E-state index in [1.807, 2.05) is 6.92 Å². The second-order valence-electron chi connectivity index (χ2n) is 6.86. The van der Waals surface area contributed by atoms with Gasteiger partial charge in [0.15, 0.2) is 5.96 Å². The standard InChI is InChI=1S/C21H36N4O.HI/c1-4-13-25-14-11-20(12-15-25)24-21(22-5-2)23-16-18-9-7-8-10-19(18)17-26-6-3;/h7-10,20H,4-6,11-17H2,1-3H3,(H2,22,23,24);1H. The van der Waals surface area contributed by atoms with E-state index in [1.54, 1.807) is 0 Å². The normalized spacial score (nSPS) is 16.0. The lowest BCUT2D eigenvalue weighted by Crippen LogP contribution is -2.48. The molecule has 0 bridgehead atoms. The first-order chi connectivity index (χ1) is 12.8. The number of hydrogen-bond acceptors (Lipinski definition) is 3. The van der Waals surface area contributed by atoms with Gasteiger partial charge in [-0.05, 0) is 50.8 Å². The molecule has 1 aromatic rings. The Morgan fingerprint density at radius 3 is 2.48 bits per heavy atom. The van der Waals surface area contributed by atoms with Crippen molar-refractivity contribution >= 4 is 29.9 Å². The summed E-state index contributed by atoms with van der Waals surface area (Å²) in [5.41, 5.74) is 2.46. The number of rotatable bonds is 9. The number of nitrogens with one attached hydrogen (secondary N) is 2. The van der Waals surface area contributed by atoms with Crippen LogP contribution in [0.3, 0.4) is 0 Å². The fourth-order valence-electron chi connectivity index (χ4n) is 3.36. The molecule has 1 aliphatic rings. The maximum absolute atomic E-state index is 5.58. The van der Waals surface area contributed by atoms with Gasteiger partial charge in [0.1, 0.15) is 0 Å². The minimum atomic E-state index is 0. The number of halogens is 1. The lowest BCUT2D eigenvalue weighted by atomic mass is 10.1. The van der Waals surface area contributed by atoms with E-state index in [0.717, 1.165) is 19.1 Å². The molecular weight excluding hydrogens is 451 g/mol. The van der Waals surface area contributed by atoms with E-state index < -0.39 is 0 Å². The van der Waals surface area contributed by atoms with Crippen LogP contribution in [0.2, 0.25) is 0 Å². The third kappa shape index (κ3) is 8.79. The Morgan fingerprint density at radius 2 is 1.85 bits per heavy atom. The van der Waals surface area contributed by atoms with Crippen LogP contribution in [0.4, 0.5) is 0 Å². The highest BCUT2D eigenvalue weighted by atomic mass is 127. The molecule has 0 saturated carbocycles. The number of guanidine groups is 1. The second-order valence-corrected chi connectivity index (χ2v) is 6.86. The molecule has 6 heteroatoms. The van der Waals surface area contributed by atoms with Crippen LogP contribution in [0.1, 0.15) is 51.2 Å². The van der Waals surface area contributed by atoms with Crippen molar-refractivity contribution in [2.24, 2.45) is 4.99 Å². The first-order valence-corrected chi connectivity index (χ1v) is 10.2. The van der Waals surface area contributed by atoms with Crippen molar-refractivity contribution in [3.05, 3.63) is 35.4 Å². The molecule has 0 amide bonds. The fourth-order valence-corrected chi connectivity index (χ4v) is 3.36. The van der Waals surface area contributed by atoms with E-state index in [2.05, 4.69) is 53.6 Å². The number of hydrogen-bond donors (Lipinski definition) is 2. The Kier molecular flexibility index (Phi) is 12.7. The fraction of sp³-hybridized carbons (Fsp3) is 0.667.